The number of hydrogen-bond acceptors (Lipinski definition) is 2. The zero-order valence-electron chi connectivity index (χ0n) is 12.4. The summed E-state index contributed by atoms with van der Waals surface area (Å²) in [6, 6.07) is 7.16. The number of hydrogen-bond donors (Lipinski definition) is 1. The average Bonchev–Trinajstić information content (AvgIpc) is 2.35. The summed E-state index contributed by atoms with van der Waals surface area (Å²) in [5.74, 6) is 0.706. The van der Waals surface area contributed by atoms with Crippen LogP contribution >= 0.6 is 56.7 Å². The Balaban J connectivity index is 0.00000200. The van der Waals surface area contributed by atoms with Crippen LogP contribution in [0.15, 0.2) is 27.1 Å². The number of rotatable bonds is 4. The van der Waals surface area contributed by atoms with Crippen molar-refractivity contribution in [3.05, 3.63) is 32.7 Å². The fourth-order valence-corrected chi connectivity index (χ4v) is 4.03. The van der Waals surface area contributed by atoms with Gasteiger partial charge in [-0.05, 0) is 36.1 Å². The molecule has 1 fully saturated rings. The van der Waals surface area contributed by atoms with E-state index in [2.05, 4.69) is 74.1 Å². The van der Waals surface area contributed by atoms with Crippen LogP contribution in [0.25, 0.3) is 0 Å². The van der Waals surface area contributed by atoms with Crippen LogP contribution in [0.4, 0.5) is 0 Å². The Bertz CT molecular complexity index is 404. The fraction of sp³-hybridized carbons (Fsp3) is 0.600. The first-order valence-corrected chi connectivity index (χ1v) is 8.55. The number of nitrogens with zero attached hydrogens (tertiary/aromatic N) is 1. The van der Waals surface area contributed by atoms with Crippen LogP contribution in [-0.4, -0.2) is 31.1 Å². The first-order valence-electron chi connectivity index (χ1n) is 6.97. The molecule has 6 heteroatoms. The van der Waals surface area contributed by atoms with Gasteiger partial charge in [-0.3, -0.25) is 4.90 Å². The standard InChI is InChI=1S/C15H22Br2N2.2ClH/c1-11(2)7-15(19-5-3-18-4-6-19)12-8-13(16)10-14(17)9-12;;/h8-11,15,18H,3-7H2,1-2H3;2*1H/t15-;;/m0../s1. The molecule has 0 unspecified atom stereocenters. The molecule has 1 aliphatic rings. The summed E-state index contributed by atoms with van der Waals surface area (Å²) in [7, 11) is 0. The van der Waals surface area contributed by atoms with Crippen LogP contribution in [0.5, 0.6) is 0 Å². The van der Waals surface area contributed by atoms with Crippen molar-refractivity contribution in [3.63, 3.8) is 0 Å². The van der Waals surface area contributed by atoms with Gasteiger partial charge in [0.25, 0.3) is 0 Å². The third kappa shape index (κ3) is 6.76. The van der Waals surface area contributed by atoms with Crippen LogP contribution in [0.2, 0.25) is 0 Å². The van der Waals surface area contributed by atoms with E-state index < -0.39 is 0 Å². The minimum absolute atomic E-state index is 0. The van der Waals surface area contributed by atoms with Crippen molar-refractivity contribution in [3.8, 4) is 0 Å². The van der Waals surface area contributed by atoms with Gasteiger partial charge in [-0.2, -0.15) is 0 Å². The fourth-order valence-electron chi connectivity index (χ4n) is 2.70. The second-order valence-corrected chi connectivity index (χ2v) is 7.47. The van der Waals surface area contributed by atoms with Gasteiger partial charge in [-0.1, -0.05) is 45.7 Å². The van der Waals surface area contributed by atoms with Crippen molar-refractivity contribution < 1.29 is 0 Å². The van der Waals surface area contributed by atoms with Gasteiger partial charge in [0.2, 0.25) is 0 Å². The summed E-state index contributed by atoms with van der Waals surface area (Å²) in [5, 5.41) is 3.44. The van der Waals surface area contributed by atoms with Crippen molar-refractivity contribution in [1.29, 1.82) is 0 Å². The molecule has 21 heavy (non-hydrogen) atoms. The van der Waals surface area contributed by atoms with Gasteiger partial charge in [0.1, 0.15) is 0 Å². The Labute approximate surface area is 157 Å². The van der Waals surface area contributed by atoms with Gasteiger partial charge in [-0.25, -0.2) is 0 Å². The lowest BCUT2D eigenvalue weighted by Gasteiger charge is -2.36. The van der Waals surface area contributed by atoms with Gasteiger partial charge in [-0.15, -0.1) is 24.8 Å². The molecule has 1 aliphatic heterocycles. The molecule has 1 heterocycles. The first kappa shape index (κ1) is 21.7. The number of benzene rings is 1. The number of piperazine rings is 1. The van der Waals surface area contributed by atoms with E-state index in [1.165, 1.54) is 12.0 Å². The monoisotopic (exact) mass is 460 g/mol. The summed E-state index contributed by atoms with van der Waals surface area (Å²) >= 11 is 7.22. The third-order valence-corrected chi connectivity index (χ3v) is 4.47. The molecular formula is C15H24Br2Cl2N2. The highest BCUT2D eigenvalue weighted by atomic mass is 79.9. The van der Waals surface area contributed by atoms with Crippen LogP contribution in [0.1, 0.15) is 31.9 Å². The highest BCUT2D eigenvalue weighted by Gasteiger charge is 2.23. The maximum Gasteiger partial charge on any atom is 0.0352 e. The van der Waals surface area contributed by atoms with Crippen LogP contribution in [-0.2, 0) is 0 Å². The maximum atomic E-state index is 3.61. The van der Waals surface area contributed by atoms with Gasteiger partial charge < -0.3 is 5.32 Å². The SMILES string of the molecule is CC(C)C[C@@H](c1cc(Br)cc(Br)c1)N1CCNCC1.Cl.Cl. The molecule has 0 aliphatic carbocycles. The molecule has 1 N–H and O–H groups in total. The molecule has 0 saturated carbocycles. The van der Waals surface area contributed by atoms with E-state index in [9.17, 15) is 0 Å². The predicted molar refractivity (Wildman–Crippen MR) is 103 cm³/mol. The summed E-state index contributed by atoms with van der Waals surface area (Å²) in [6.07, 6.45) is 1.21. The van der Waals surface area contributed by atoms with Gasteiger partial charge in [0.05, 0.1) is 0 Å². The number of nitrogens with one attached hydrogen (secondary N) is 1. The lowest BCUT2D eigenvalue weighted by molar-refractivity contribution is 0.154. The van der Waals surface area contributed by atoms with Gasteiger partial charge in [0, 0.05) is 41.2 Å². The molecule has 1 atom stereocenters. The Morgan fingerprint density at radius 1 is 1.05 bits per heavy atom. The Morgan fingerprint density at radius 3 is 2.05 bits per heavy atom. The van der Waals surface area contributed by atoms with E-state index in [0.717, 1.165) is 35.1 Å². The molecular weight excluding hydrogens is 439 g/mol. The lowest BCUT2D eigenvalue weighted by atomic mass is 9.95. The lowest BCUT2D eigenvalue weighted by Crippen LogP contribution is -2.45. The third-order valence-electron chi connectivity index (χ3n) is 3.56. The zero-order valence-corrected chi connectivity index (χ0v) is 17.2. The topological polar surface area (TPSA) is 15.3 Å². The van der Waals surface area contributed by atoms with Crippen molar-refractivity contribution in [2.75, 3.05) is 26.2 Å². The maximum absolute atomic E-state index is 3.61. The minimum Gasteiger partial charge on any atom is -0.314 e. The predicted octanol–water partition coefficient (Wildman–Crippen LogP) is 5.05. The summed E-state index contributed by atoms with van der Waals surface area (Å²) in [4.78, 5) is 2.62. The zero-order chi connectivity index (χ0) is 13.8. The van der Waals surface area contributed by atoms with E-state index >= 15 is 0 Å². The van der Waals surface area contributed by atoms with E-state index in [0.29, 0.717) is 12.0 Å². The van der Waals surface area contributed by atoms with Crippen LogP contribution in [0.3, 0.4) is 0 Å². The normalized spacial score (nSPS) is 17.0. The van der Waals surface area contributed by atoms with Gasteiger partial charge in [0.15, 0.2) is 0 Å². The van der Waals surface area contributed by atoms with E-state index in [4.69, 9.17) is 0 Å². The average molecular weight is 463 g/mol. The molecule has 1 aromatic carbocycles. The van der Waals surface area contributed by atoms with E-state index in [1.807, 2.05) is 0 Å². The molecule has 0 aromatic heterocycles. The highest BCUT2D eigenvalue weighted by Crippen LogP contribution is 2.32. The van der Waals surface area contributed by atoms with Crippen LogP contribution < -0.4 is 5.32 Å². The van der Waals surface area contributed by atoms with Gasteiger partial charge >= 0.3 is 0 Å². The summed E-state index contributed by atoms with van der Waals surface area (Å²) in [6.45, 7) is 9.10. The molecule has 2 nitrogen and oxygen atoms in total. The Hall–Kier alpha value is 0.680. The second-order valence-electron chi connectivity index (χ2n) is 5.63. The summed E-state index contributed by atoms with van der Waals surface area (Å²) < 4.78 is 2.31. The minimum atomic E-state index is 0. The molecule has 1 saturated heterocycles. The van der Waals surface area contributed by atoms with E-state index in [1.54, 1.807) is 0 Å². The molecule has 0 radical (unpaired) electrons. The summed E-state index contributed by atoms with van der Waals surface area (Å²) in [5.41, 5.74) is 1.41. The van der Waals surface area contributed by atoms with Crippen molar-refractivity contribution >= 4 is 56.7 Å². The molecule has 2 rings (SSSR count). The largest absolute Gasteiger partial charge is 0.314 e. The van der Waals surface area contributed by atoms with Crippen molar-refractivity contribution in [1.82, 2.24) is 10.2 Å². The highest BCUT2D eigenvalue weighted by molar-refractivity contribution is 9.11. The first-order chi connectivity index (χ1) is 9.06. The van der Waals surface area contributed by atoms with Crippen molar-refractivity contribution in [2.24, 2.45) is 5.92 Å². The quantitative estimate of drug-likeness (QED) is 0.673. The van der Waals surface area contributed by atoms with Crippen molar-refractivity contribution in [2.45, 2.75) is 26.3 Å². The van der Waals surface area contributed by atoms with Crippen LogP contribution in [0, 0.1) is 5.92 Å². The number of halogens is 4. The van der Waals surface area contributed by atoms with E-state index in [-0.39, 0.29) is 24.8 Å². The molecule has 0 amide bonds. The smallest absolute Gasteiger partial charge is 0.0352 e. The Morgan fingerprint density at radius 2 is 1.57 bits per heavy atom. The molecule has 0 bridgehead atoms. The second kappa shape index (κ2) is 10.5. The molecule has 1 aromatic rings. The molecule has 0 spiro atoms. The Kier molecular flexibility index (Phi) is 10.8. The molecule has 122 valence electrons.